The fourth-order valence-corrected chi connectivity index (χ4v) is 8.72. The van der Waals surface area contributed by atoms with E-state index in [1.165, 1.54) is 53.3 Å². The second-order valence-corrected chi connectivity index (χ2v) is 15.2. The molecule has 8 heteroatoms. The first kappa shape index (κ1) is 29.6. The predicted octanol–water partition coefficient (Wildman–Crippen LogP) is 5.11. The summed E-state index contributed by atoms with van der Waals surface area (Å²) in [7, 11) is -3.76. The van der Waals surface area contributed by atoms with E-state index >= 15 is 0 Å². The van der Waals surface area contributed by atoms with Gasteiger partial charge in [0.1, 0.15) is 12.6 Å². The van der Waals surface area contributed by atoms with Gasteiger partial charge in [0.25, 0.3) is 0 Å². The first-order chi connectivity index (χ1) is 19.4. The Hall–Kier alpha value is -2.87. The average molecular weight is 580 g/mol. The lowest BCUT2D eigenvalue weighted by atomic mass is 9.48. The number of nitrogens with zero attached hydrogens (tertiary/aromatic N) is 2. The summed E-state index contributed by atoms with van der Waals surface area (Å²) in [5, 5.41) is 2.91. The van der Waals surface area contributed by atoms with Gasteiger partial charge in [-0.15, -0.1) is 0 Å². The number of anilines is 1. The van der Waals surface area contributed by atoms with Crippen LogP contribution >= 0.6 is 0 Å². The summed E-state index contributed by atoms with van der Waals surface area (Å²) < 4.78 is 27.2. The van der Waals surface area contributed by atoms with Gasteiger partial charge in [0, 0.05) is 13.1 Å². The van der Waals surface area contributed by atoms with E-state index in [-0.39, 0.29) is 30.3 Å². The van der Waals surface area contributed by atoms with Crippen molar-refractivity contribution in [2.45, 2.75) is 77.3 Å². The number of carbonyl (C=O) groups excluding carboxylic acids is 2. The molecule has 0 heterocycles. The zero-order chi connectivity index (χ0) is 29.4. The average Bonchev–Trinajstić information content (AvgIpc) is 2.92. The molecule has 0 aromatic heterocycles. The van der Waals surface area contributed by atoms with Crippen LogP contribution in [-0.2, 0) is 31.6 Å². The highest BCUT2D eigenvalue weighted by molar-refractivity contribution is 7.92. The Morgan fingerprint density at radius 1 is 0.902 bits per heavy atom. The predicted molar refractivity (Wildman–Crippen MR) is 163 cm³/mol. The number of nitrogens with one attached hydrogen (secondary N) is 1. The van der Waals surface area contributed by atoms with Crippen LogP contribution < -0.4 is 9.62 Å². The fraction of sp³-hybridized carbons (Fsp3) is 0.576. The van der Waals surface area contributed by atoms with Crippen LogP contribution in [0, 0.1) is 23.7 Å². The second-order valence-electron chi connectivity index (χ2n) is 13.3. The van der Waals surface area contributed by atoms with Gasteiger partial charge < -0.3 is 10.2 Å². The van der Waals surface area contributed by atoms with Crippen molar-refractivity contribution < 1.29 is 18.0 Å². The fourth-order valence-electron chi connectivity index (χ4n) is 7.87. The van der Waals surface area contributed by atoms with E-state index in [1.807, 2.05) is 56.3 Å². The van der Waals surface area contributed by atoms with E-state index in [0.717, 1.165) is 29.6 Å². The van der Waals surface area contributed by atoms with Gasteiger partial charge in [-0.1, -0.05) is 56.3 Å². The Morgan fingerprint density at radius 2 is 1.46 bits per heavy atom. The Kier molecular flexibility index (Phi) is 8.51. The Labute approximate surface area is 245 Å². The molecule has 222 valence electrons. The minimum atomic E-state index is -3.76. The third-order valence-electron chi connectivity index (χ3n) is 9.53. The molecule has 1 N–H and O–H groups in total. The lowest BCUT2D eigenvalue weighted by Crippen LogP contribution is -2.51. The summed E-state index contributed by atoms with van der Waals surface area (Å²) in [6.07, 6.45) is 8.94. The summed E-state index contributed by atoms with van der Waals surface area (Å²) in [4.78, 5) is 28.3. The molecule has 7 nitrogen and oxygen atoms in total. The van der Waals surface area contributed by atoms with Crippen LogP contribution in [-0.4, -0.2) is 50.5 Å². The van der Waals surface area contributed by atoms with Crippen molar-refractivity contribution in [2.75, 3.05) is 23.7 Å². The number of benzene rings is 2. The molecule has 4 saturated carbocycles. The highest BCUT2D eigenvalue weighted by Crippen LogP contribution is 2.60. The standard InChI is InChI=1S/C33H45N3O4S/c1-23(2)20-34-32(38)24(3)35(21-25-8-6-5-7-9-25)31(37)22-36(41(4,39)40)30-12-10-29(11-13-30)33-17-26-14-27(18-33)16-28(15-26)19-33/h5-13,23-24,26-28H,14-22H2,1-4H3,(H,34,38)/t24-,26?,27?,28?,33?/m0/s1. The molecule has 4 aliphatic carbocycles. The largest absolute Gasteiger partial charge is 0.354 e. The maximum Gasteiger partial charge on any atom is 0.244 e. The molecular formula is C33H45N3O4S. The molecule has 6 rings (SSSR count). The Bertz CT molecular complexity index is 1310. The van der Waals surface area contributed by atoms with Gasteiger partial charge >= 0.3 is 0 Å². The van der Waals surface area contributed by atoms with Gasteiger partial charge in [-0.2, -0.15) is 0 Å². The molecule has 4 aliphatic rings. The normalized spacial score (nSPS) is 25.6. The SMILES string of the molecule is CC(C)CNC(=O)[C@H](C)N(Cc1ccccc1)C(=O)CN(c1ccc(C23CC4CC(CC(C4)C2)C3)cc1)S(C)(=O)=O. The highest BCUT2D eigenvalue weighted by Gasteiger charge is 2.51. The zero-order valence-electron chi connectivity index (χ0n) is 24.9. The molecule has 0 unspecified atom stereocenters. The molecule has 0 aliphatic heterocycles. The molecule has 4 bridgehead atoms. The van der Waals surface area contributed by atoms with Gasteiger partial charge in [0.05, 0.1) is 11.9 Å². The maximum absolute atomic E-state index is 13.8. The molecule has 0 saturated heterocycles. The molecule has 2 aromatic rings. The lowest BCUT2D eigenvalue weighted by Gasteiger charge is -2.57. The van der Waals surface area contributed by atoms with Crippen LogP contribution in [0.2, 0.25) is 0 Å². The van der Waals surface area contributed by atoms with E-state index in [2.05, 4.69) is 17.4 Å². The number of carbonyl (C=O) groups is 2. The maximum atomic E-state index is 13.8. The highest BCUT2D eigenvalue weighted by atomic mass is 32.2. The van der Waals surface area contributed by atoms with Crippen LogP contribution in [0.5, 0.6) is 0 Å². The minimum Gasteiger partial charge on any atom is -0.354 e. The number of hydrogen-bond acceptors (Lipinski definition) is 4. The summed E-state index contributed by atoms with van der Waals surface area (Å²) in [6, 6.07) is 16.6. The van der Waals surface area contributed by atoms with E-state index in [1.54, 1.807) is 6.92 Å². The zero-order valence-corrected chi connectivity index (χ0v) is 25.7. The smallest absolute Gasteiger partial charge is 0.244 e. The van der Waals surface area contributed by atoms with E-state index in [9.17, 15) is 18.0 Å². The van der Waals surface area contributed by atoms with Crippen molar-refractivity contribution in [1.82, 2.24) is 10.2 Å². The van der Waals surface area contributed by atoms with Crippen molar-refractivity contribution in [3.05, 3.63) is 65.7 Å². The first-order valence-corrected chi connectivity index (χ1v) is 17.0. The van der Waals surface area contributed by atoms with Gasteiger partial charge in [0.15, 0.2) is 0 Å². The molecule has 4 fully saturated rings. The van der Waals surface area contributed by atoms with Crippen LogP contribution in [0.15, 0.2) is 54.6 Å². The van der Waals surface area contributed by atoms with E-state index < -0.39 is 22.0 Å². The number of amides is 2. The summed E-state index contributed by atoms with van der Waals surface area (Å²) >= 11 is 0. The lowest BCUT2D eigenvalue weighted by molar-refractivity contribution is -0.139. The van der Waals surface area contributed by atoms with Crippen molar-refractivity contribution in [3.63, 3.8) is 0 Å². The Balaban J connectivity index is 1.37. The van der Waals surface area contributed by atoms with Crippen molar-refractivity contribution in [3.8, 4) is 0 Å². The van der Waals surface area contributed by atoms with Gasteiger partial charge in [-0.3, -0.25) is 13.9 Å². The molecule has 41 heavy (non-hydrogen) atoms. The molecule has 2 amide bonds. The monoisotopic (exact) mass is 579 g/mol. The summed E-state index contributed by atoms with van der Waals surface area (Å²) in [5.74, 6) is 2.06. The number of sulfonamides is 1. The van der Waals surface area contributed by atoms with Gasteiger partial charge in [0.2, 0.25) is 21.8 Å². The summed E-state index contributed by atoms with van der Waals surface area (Å²) in [6.45, 7) is 6.05. The molecule has 1 atom stereocenters. The van der Waals surface area contributed by atoms with Crippen LogP contribution in [0.3, 0.4) is 0 Å². The molecule has 0 spiro atoms. The quantitative estimate of drug-likeness (QED) is 0.401. The third kappa shape index (κ3) is 6.63. The summed E-state index contributed by atoms with van der Waals surface area (Å²) in [5.41, 5.74) is 2.87. The molecular weight excluding hydrogens is 534 g/mol. The van der Waals surface area contributed by atoms with Crippen molar-refractivity contribution >= 4 is 27.5 Å². The Morgan fingerprint density at radius 3 is 1.98 bits per heavy atom. The molecule has 0 radical (unpaired) electrons. The first-order valence-electron chi connectivity index (χ1n) is 15.1. The number of rotatable bonds is 11. The number of hydrogen-bond donors (Lipinski definition) is 1. The second kappa shape index (κ2) is 11.8. The van der Waals surface area contributed by atoms with Crippen LogP contribution in [0.1, 0.15) is 70.4 Å². The molecule has 2 aromatic carbocycles. The van der Waals surface area contributed by atoms with Crippen molar-refractivity contribution in [2.24, 2.45) is 23.7 Å². The van der Waals surface area contributed by atoms with Crippen LogP contribution in [0.25, 0.3) is 0 Å². The van der Waals surface area contributed by atoms with E-state index in [4.69, 9.17) is 0 Å². The van der Waals surface area contributed by atoms with Crippen LogP contribution in [0.4, 0.5) is 5.69 Å². The van der Waals surface area contributed by atoms with Gasteiger partial charge in [-0.25, -0.2) is 8.42 Å². The van der Waals surface area contributed by atoms with Gasteiger partial charge in [-0.05, 0) is 97.8 Å². The minimum absolute atomic E-state index is 0.207. The topological polar surface area (TPSA) is 86.8 Å². The third-order valence-corrected chi connectivity index (χ3v) is 10.7. The van der Waals surface area contributed by atoms with E-state index in [0.29, 0.717) is 12.2 Å². The van der Waals surface area contributed by atoms with Crippen molar-refractivity contribution in [1.29, 1.82) is 0 Å².